The van der Waals surface area contributed by atoms with Gasteiger partial charge in [0.2, 0.25) is 0 Å². The third-order valence-electron chi connectivity index (χ3n) is 2.22. The SMILES string of the molecule is O=C(O)CCc1coc2ccc(Br)cc12. The molecule has 15 heavy (non-hydrogen) atoms. The average molecular weight is 269 g/mol. The number of hydrogen-bond donors (Lipinski definition) is 1. The summed E-state index contributed by atoms with van der Waals surface area (Å²) in [5, 5.41) is 9.58. The van der Waals surface area contributed by atoms with Crippen molar-refractivity contribution in [1.29, 1.82) is 0 Å². The molecular weight excluding hydrogens is 260 g/mol. The molecule has 0 amide bonds. The number of aliphatic carboxylic acids is 1. The van der Waals surface area contributed by atoms with Crippen LogP contribution in [0, 0.1) is 0 Å². The van der Waals surface area contributed by atoms with Crippen LogP contribution in [0.15, 0.2) is 33.4 Å². The van der Waals surface area contributed by atoms with Crippen LogP contribution < -0.4 is 0 Å². The van der Waals surface area contributed by atoms with E-state index in [0.29, 0.717) is 6.42 Å². The Morgan fingerprint density at radius 3 is 3.00 bits per heavy atom. The molecule has 0 atom stereocenters. The zero-order valence-electron chi connectivity index (χ0n) is 7.87. The molecular formula is C11H9BrO3. The normalized spacial score (nSPS) is 10.7. The van der Waals surface area contributed by atoms with Crippen LogP contribution >= 0.6 is 15.9 Å². The lowest BCUT2D eigenvalue weighted by molar-refractivity contribution is -0.136. The van der Waals surface area contributed by atoms with Gasteiger partial charge in [0.1, 0.15) is 5.58 Å². The van der Waals surface area contributed by atoms with Crippen LogP contribution in [-0.2, 0) is 11.2 Å². The van der Waals surface area contributed by atoms with Gasteiger partial charge in [0.25, 0.3) is 0 Å². The maximum Gasteiger partial charge on any atom is 0.303 e. The lowest BCUT2D eigenvalue weighted by Gasteiger charge is -1.95. The topological polar surface area (TPSA) is 50.4 Å². The Bertz CT molecular complexity index is 502. The van der Waals surface area contributed by atoms with Gasteiger partial charge in [-0.25, -0.2) is 0 Å². The maximum absolute atomic E-state index is 10.5. The quantitative estimate of drug-likeness (QED) is 0.930. The van der Waals surface area contributed by atoms with Gasteiger partial charge in [0.15, 0.2) is 0 Å². The number of carboxylic acids is 1. The summed E-state index contributed by atoms with van der Waals surface area (Å²) in [6.45, 7) is 0. The van der Waals surface area contributed by atoms with E-state index >= 15 is 0 Å². The fourth-order valence-corrected chi connectivity index (χ4v) is 1.85. The molecule has 3 nitrogen and oxygen atoms in total. The van der Waals surface area contributed by atoms with Crippen LogP contribution in [0.2, 0.25) is 0 Å². The van der Waals surface area contributed by atoms with Gasteiger partial charge in [-0.1, -0.05) is 15.9 Å². The summed E-state index contributed by atoms with van der Waals surface area (Å²) >= 11 is 3.37. The molecule has 0 aliphatic heterocycles. The highest BCUT2D eigenvalue weighted by molar-refractivity contribution is 9.10. The molecule has 0 aliphatic carbocycles. The molecule has 1 heterocycles. The highest BCUT2D eigenvalue weighted by atomic mass is 79.9. The number of halogens is 1. The number of aryl methyl sites for hydroxylation is 1. The highest BCUT2D eigenvalue weighted by Gasteiger charge is 2.07. The average Bonchev–Trinajstić information content (AvgIpc) is 2.57. The Labute approximate surface area is 94.8 Å². The summed E-state index contributed by atoms with van der Waals surface area (Å²) in [5.74, 6) is -0.792. The van der Waals surface area contributed by atoms with E-state index in [1.165, 1.54) is 0 Å². The van der Waals surface area contributed by atoms with E-state index in [4.69, 9.17) is 9.52 Å². The van der Waals surface area contributed by atoms with Crippen LogP contribution in [0.1, 0.15) is 12.0 Å². The second-order valence-electron chi connectivity index (χ2n) is 3.30. The number of rotatable bonds is 3. The minimum absolute atomic E-state index is 0.126. The number of carbonyl (C=O) groups is 1. The lowest BCUT2D eigenvalue weighted by atomic mass is 10.1. The predicted molar refractivity (Wildman–Crippen MR) is 59.9 cm³/mol. The molecule has 1 aromatic heterocycles. The second kappa shape index (κ2) is 4.06. The number of furan rings is 1. The zero-order chi connectivity index (χ0) is 10.8. The summed E-state index contributed by atoms with van der Waals surface area (Å²) in [7, 11) is 0. The van der Waals surface area contributed by atoms with Crippen molar-refractivity contribution in [2.75, 3.05) is 0 Å². The van der Waals surface area contributed by atoms with Gasteiger partial charge in [-0.15, -0.1) is 0 Å². The van der Waals surface area contributed by atoms with Gasteiger partial charge >= 0.3 is 5.97 Å². The molecule has 0 fully saturated rings. The van der Waals surface area contributed by atoms with E-state index in [1.54, 1.807) is 6.26 Å². The number of hydrogen-bond acceptors (Lipinski definition) is 2. The number of carboxylic acid groups (broad SMARTS) is 1. The molecule has 4 heteroatoms. The third-order valence-corrected chi connectivity index (χ3v) is 2.72. The summed E-state index contributed by atoms with van der Waals surface area (Å²) in [6, 6.07) is 5.70. The molecule has 1 N–H and O–H groups in total. The first-order valence-electron chi connectivity index (χ1n) is 4.54. The fourth-order valence-electron chi connectivity index (χ4n) is 1.49. The number of fused-ring (bicyclic) bond motifs is 1. The van der Waals surface area contributed by atoms with Crippen molar-refractivity contribution in [1.82, 2.24) is 0 Å². The monoisotopic (exact) mass is 268 g/mol. The Morgan fingerprint density at radius 1 is 1.47 bits per heavy atom. The van der Waals surface area contributed by atoms with Gasteiger partial charge in [-0.2, -0.15) is 0 Å². The largest absolute Gasteiger partial charge is 0.481 e. The lowest BCUT2D eigenvalue weighted by Crippen LogP contribution is -1.96. The van der Waals surface area contributed by atoms with E-state index in [1.807, 2.05) is 18.2 Å². The molecule has 0 unspecified atom stereocenters. The van der Waals surface area contributed by atoms with Crippen molar-refractivity contribution in [2.24, 2.45) is 0 Å². The van der Waals surface area contributed by atoms with Gasteiger partial charge in [0.05, 0.1) is 6.26 Å². The van der Waals surface area contributed by atoms with Crippen molar-refractivity contribution in [3.05, 3.63) is 34.5 Å². The van der Waals surface area contributed by atoms with Crippen molar-refractivity contribution >= 4 is 32.9 Å². The second-order valence-corrected chi connectivity index (χ2v) is 4.21. The van der Waals surface area contributed by atoms with E-state index in [9.17, 15) is 4.79 Å². The Hall–Kier alpha value is -1.29. The Morgan fingerprint density at radius 2 is 2.27 bits per heavy atom. The van der Waals surface area contributed by atoms with Gasteiger partial charge < -0.3 is 9.52 Å². The van der Waals surface area contributed by atoms with Gasteiger partial charge in [-0.3, -0.25) is 4.79 Å². The van der Waals surface area contributed by atoms with Crippen LogP contribution in [-0.4, -0.2) is 11.1 Å². The third kappa shape index (κ3) is 2.21. The molecule has 0 radical (unpaired) electrons. The predicted octanol–water partition coefficient (Wildman–Crippen LogP) is 3.21. The van der Waals surface area contributed by atoms with Crippen molar-refractivity contribution in [3.8, 4) is 0 Å². The van der Waals surface area contributed by atoms with Gasteiger partial charge in [-0.05, 0) is 30.2 Å². The Kier molecular flexibility index (Phi) is 2.77. The fraction of sp³-hybridized carbons (Fsp3) is 0.182. The summed E-state index contributed by atoms with van der Waals surface area (Å²) in [6.07, 6.45) is 2.25. The molecule has 0 bridgehead atoms. The first-order chi connectivity index (χ1) is 7.16. The van der Waals surface area contributed by atoms with E-state index in [0.717, 1.165) is 21.0 Å². The molecule has 0 saturated carbocycles. The molecule has 2 aromatic rings. The van der Waals surface area contributed by atoms with E-state index < -0.39 is 5.97 Å². The zero-order valence-corrected chi connectivity index (χ0v) is 9.45. The minimum atomic E-state index is -0.792. The minimum Gasteiger partial charge on any atom is -0.481 e. The number of benzene rings is 1. The van der Waals surface area contributed by atoms with E-state index in [2.05, 4.69) is 15.9 Å². The molecule has 2 rings (SSSR count). The summed E-state index contributed by atoms with van der Waals surface area (Å²) in [5.41, 5.74) is 1.73. The molecule has 0 saturated heterocycles. The van der Waals surface area contributed by atoms with Crippen molar-refractivity contribution < 1.29 is 14.3 Å². The van der Waals surface area contributed by atoms with Gasteiger partial charge in [0, 0.05) is 16.3 Å². The molecule has 78 valence electrons. The van der Waals surface area contributed by atoms with E-state index in [-0.39, 0.29) is 6.42 Å². The molecule has 0 spiro atoms. The first kappa shape index (κ1) is 10.2. The first-order valence-corrected chi connectivity index (χ1v) is 5.33. The smallest absolute Gasteiger partial charge is 0.303 e. The van der Waals surface area contributed by atoms with Crippen molar-refractivity contribution in [2.45, 2.75) is 12.8 Å². The van der Waals surface area contributed by atoms with Crippen molar-refractivity contribution in [3.63, 3.8) is 0 Å². The molecule has 1 aromatic carbocycles. The van der Waals surface area contributed by atoms with Crippen LogP contribution in [0.25, 0.3) is 11.0 Å². The highest BCUT2D eigenvalue weighted by Crippen LogP contribution is 2.25. The van der Waals surface area contributed by atoms with Crippen LogP contribution in [0.4, 0.5) is 0 Å². The summed E-state index contributed by atoms with van der Waals surface area (Å²) in [4.78, 5) is 10.5. The summed E-state index contributed by atoms with van der Waals surface area (Å²) < 4.78 is 6.29. The standard InChI is InChI=1S/C11H9BrO3/c12-8-2-3-10-9(5-8)7(6-15-10)1-4-11(13)14/h2-3,5-6H,1,4H2,(H,13,14). The van der Waals surface area contributed by atoms with Crippen LogP contribution in [0.3, 0.4) is 0 Å². The molecule has 0 aliphatic rings. The maximum atomic E-state index is 10.5. The Balaban J connectivity index is 2.35. The van der Waals surface area contributed by atoms with Crippen LogP contribution in [0.5, 0.6) is 0 Å².